The molecule has 1 aromatic carbocycles. The molecule has 0 aliphatic rings. The summed E-state index contributed by atoms with van der Waals surface area (Å²) < 4.78 is 6.35. The molecule has 0 saturated carbocycles. The Morgan fingerprint density at radius 3 is 2.52 bits per heavy atom. The minimum absolute atomic E-state index is 0.0304. The van der Waals surface area contributed by atoms with E-state index in [9.17, 15) is 10.1 Å². The molecule has 0 saturated heterocycles. The van der Waals surface area contributed by atoms with Crippen molar-refractivity contribution in [3.05, 3.63) is 51.7 Å². The van der Waals surface area contributed by atoms with Crippen molar-refractivity contribution in [1.29, 1.82) is 5.26 Å². The maximum atomic E-state index is 12.2. The van der Waals surface area contributed by atoms with Crippen LogP contribution < -0.4 is 10.2 Å². The van der Waals surface area contributed by atoms with E-state index in [4.69, 9.17) is 4.42 Å². The second-order valence-electron chi connectivity index (χ2n) is 5.19. The third kappa shape index (κ3) is 4.24. The third-order valence-electron chi connectivity index (χ3n) is 3.06. The first-order valence-electron chi connectivity index (χ1n) is 6.87. The Kier molecular flexibility index (Phi) is 5.24. The smallest absolute Gasteiger partial charge is 0.266 e. The van der Waals surface area contributed by atoms with Gasteiger partial charge in [0.15, 0.2) is 0 Å². The van der Waals surface area contributed by atoms with Crippen molar-refractivity contribution in [1.82, 2.24) is 0 Å². The number of nitriles is 1. The number of nitrogens with zero attached hydrogens (tertiary/aromatic N) is 2. The van der Waals surface area contributed by atoms with Crippen LogP contribution in [0.4, 0.5) is 11.6 Å². The van der Waals surface area contributed by atoms with Gasteiger partial charge >= 0.3 is 0 Å². The van der Waals surface area contributed by atoms with E-state index in [1.807, 2.05) is 39.2 Å². The molecule has 0 aliphatic heterocycles. The van der Waals surface area contributed by atoms with E-state index < -0.39 is 5.91 Å². The zero-order chi connectivity index (χ0) is 17.0. The number of aryl methyl sites for hydroxylation is 1. The van der Waals surface area contributed by atoms with E-state index in [0.29, 0.717) is 17.3 Å². The molecule has 0 bridgehead atoms. The maximum absolute atomic E-state index is 12.2. The van der Waals surface area contributed by atoms with Crippen molar-refractivity contribution >= 4 is 39.5 Å². The molecule has 6 heteroatoms. The Morgan fingerprint density at radius 2 is 2.00 bits per heavy atom. The zero-order valence-corrected chi connectivity index (χ0v) is 14.6. The molecule has 2 rings (SSSR count). The molecule has 0 unspecified atom stereocenters. The molecular weight excluding hydrogens is 358 g/mol. The molecule has 0 spiro atoms. The van der Waals surface area contributed by atoms with Crippen molar-refractivity contribution in [2.24, 2.45) is 0 Å². The van der Waals surface area contributed by atoms with Crippen molar-refractivity contribution in [3.8, 4) is 6.07 Å². The molecule has 23 heavy (non-hydrogen) atoms. The SMILES string of the molecule is Cc1ccc(NC(=O)C(C#N)=Cc2cc(Br)c(N(C)C)o2)cc1. The maximum Gasteiger partial charge on any atom is 0.266 e. The summed E-state index contributed by atoms with van der Waals surface area (Å²) in [6.07, 6.45) is 1.42. The number of hydrogen-bond donors (Lipinski definition) is 1. The number of anilines is 2. The average molecular weight is 374 g/mol. The number of carbonyl (C=O) groups is 1. The Bertz CT molecular complexity index is 783. The van der Waals surface area contributed by atoms with Crippen molar-refractivity contribution in [2.75, 3.05) is 24.3 Å². The Hall–Kier alpha value is -2.52. The zero-order valence-electron chi connectivity index (χ0n) is 13.1. The van der Waals surface area contributed by atoms with Crippen molar-refractivity contribution in [3.63, 3.8) is 0 Å². The van der Waals surface area contributed by atoms with Crippen LogP contribution in [0.2, 0.25) is 0 Å². The lowest BCUT2D eigenvalue weighted by molar-refractivity contribution is -0.112. The summed E-state index contributed by atoms with van der Waals surface area (Å²) in [6.45, 7) is 1.96. The van der Waals surface area contributed by atoms with E-state index in [1.54, 1.807) is 23.1 Å². The van der Waals surface area contributed by atoms with Gasteiger partial charge in [-0.2, -0.15) is 5.26 Å². The fraction of sp³-hybridized carbons (Fsp3) is 0.176. The fourth-order valence-electron chi connectivity index (χ4n) is 1.88. The second-order valence-corrected chi connectivity index (χ2v) is 6.04. The van der Waals surface area contributed by atoms with E-state index in [-0.39, 0.29) is 5.57 Å². The predicted molar refractivity (Wildman–Crippen MR) is 94.1 cm³/mol. The van der Waals surface area contributed by atoms with E-state index >= 15 is 0 Å². The summed E-state index contributed by atoms with van der Waals surface area (Å²) in [7, 11) is 3.68. The summed E-state index contributed by atoms with van der Waals surface area (Å²) in [5.41, 5.74) is 1.70. The number of hydrogen-bond acceptors (Lipinski definition) is 4. The summed E-state index contributed by atoms with van der Waals surface area (Å²) in [5, 5.41) is 11.9. The average Bonchev–Trinajstić information content (AvgIpc) is 2.88. The van der Waals surface area contributed by atoms with Crippen LogP contribution in [0.25, 0.3) is 6.08 Å². The second kappa shape index (κ2) is 7.16. The van der Waals surface area contributed by atoms with Crippen molar-refractivity contribution in [2.45, 2.75) is 6.92 Å². The van der Waals surface area contributed by atoms with Gasteiger partial charge in [-0.15, -0.1) is 0 Å². The standard InChI is InChI=1S/C17H16BrN3O2/c1-11-4-6-13(7-5-11)20-16(22)12(10-19)8-14-9-15(18)17(23-14)21(2)3/h4-9H,1-3H3,(H,20,22). The van der Waals surface area contributed by atoms with E-state index in [1.165, 1.54) is 6.08 Å². The number of furan rings is 1. The number of carbonyl (C=O) groups excluding carboxylic acids is 1. The Labute approximate surface area is 143 Å². The predicted octanol–water partition coefficient (Wildman–Crippen LogP) is 3.96. The largest absolute Gasteiger partial charge is 0.440 e. The third-order valence-corrected chi connectivity index (χ3v) is 3.62. The van der Waals surface area contributed by atoms with Crippen molar-refractivity contribution < 1.29 is 9.21 Å². The van der Waals surface area contributed by atoms with Crippen LogP contribution in [-0.2, 0) is 4.79 Å². The summed E-state index contributed by atoms with van der Waals surface area (Å²) in [4.78, 5) is 14.0. The molecule has 1 amide bonds. The first-order valence-corrected chi connectivity index (χ1v) is 7.66. The number of halogens is 1. The van der Waals surface area contributed by atoms with E-state index in [2.05, 4.69) is 21.2 Å². The number of amides is 1. The molecule has 2 aromatic rings. The van der Waals surface area contributed by atoms with Gasteiger partial charge in [-0.3, -0.25) is 4.79 Å². The topological polar surface area (TPSA) is 69.3 Å². The van der Waals surface area contributed by atoms with E-state index in [0.717, 1.165) is 10.0 Å². The van der Waals surface area contributed by atoms with Crippen LogP contribution in [0, 0.1) is 18.3 Å². The lowest BCUT2D eigenvalue weighted by Gasteiger charge is -2.07. The molecule has 1 N–H and O–H groups in total. The van der Waals surface area contributed by atoms with Gasteiger partial charge in [0.1, 0.15) is 17.4 Å². The molecule has 1 heterocycles. The van der Waals surface area contributed by atoms with Crippen LogP contribution in [0.15, 0.2) is 44.8 Å². The van der Waals surface area contributed by atoms with Gasteiger partial charge in [0, 0.05) is 31.9 Å². The highest BCUT2D eigenvalue weighted by molar-refractivity contribution is 9.10. The highest BCUT2D eigenvalue weighted by Crippen LogP contribution is 2.30. The molecule has 5 nitrogen and oxygen atoms in total. The first-order chi connectivity index (χ1) is 10.9. The lowest BCUT2D eigenvalue weighted by Crippen LogP contribution is -2.13. The summed E-state index contributed by atoms with van der Waals surface area (Å²) in [6, 6.07) is 11.0. The normalized spacial score (nSPS) is 11.0. The van der Waals surface area contributed by atoms with Crippen LogP contribution in [0.3, 0.4) is 0 Å². The molecule has 0 atom stereocenters. The highest BCUT2D eigenvalue weighted by atomic mass is 79.9. The highest BCUT2D eigenvalue weighted by Gasteiger charge is 2.13. The molecule has 0 fully saturated rings. The number of nitrogens with one attached hydrogen (secondary N) is 1. The van der Waals surface area contributed by atoms with Gasteiger partial charge in [0.2, 0.25) is 5.88 Å². The van der Waals surface area contributed by atoms with Crippen LogP contribution in [-0.4, -0.2) is 20.0 Å². The van der Waals surface area contributed by atoms with Crippen LogP contribution in [0.1, 0.15) is 11.3 Å². The first kappa shape index (κ1) is 16.8. The summed E-state index contributed by atoms with van der Waals surface area (Å²) >= 11 is 3.38. The monoisotopic (exact) mass is 373 g/mol. The Balaban J connectivity index is 2.21. The molecule has 0 aliphatic carbocycles. The fourth-order valence-corrected chi connectivity index (χ4v) is 2.54. The van der Waals surface area contributed by atoms with Gasteiger partial charge < -0.3 is 14.6 Å². The summed E-state index contributed by atoms with van der Waals surface area (Å²) in [5.74, 6) is 0.568. The number of benzene rings is 1. The molecule has 0 radical (unpaired) electrons. The van der Waals surface area contributed by atoms with Gasteiger partial charge in [0.25, 0.3) is 5.91 Å². The lowest BCUT2D eigenvalue weighted by atomic mass is 10.2. The molecular formula is C17H16BrN3O2. The Morgan fingerprint density at radius 1 is 1.35 bits per heavy atom. The quantitative estimate of drug-likeness (QED) is 0.650. The van der Waals surface area contributed by atoms with Gasteiger partial charge in [-0.05, 0) is 35.0 Å². The van der Waals surface area contributed by atoms with Crippen LogP contribution >= 0.6 is 15.9 Å². The molecule has 1 aromatic heterocycles. The minimum atomic E-state index is -0.477. The van der Waals surface area contributed by atoms with Crippen LogP contribution in [0.5, 0.6) is 0 Å². The van der Waals surface area contributed by atoms with Gasteiger partial charge in [-0.25, -0.2) is 0 Å². The van der Waals surface area contributed by atoms with Gasteiger partial charge in [0.05, 0.1) is 4.47 Å². The molecule has 118 valence electrons. The van der Waals surface area contributed by atoms with Gasteiger partial charge in [-0.1, -0.05) is 17.7 Å². The minimum Gasteiger partial charge on any atom is -0.440 e. The number of rotatable bonds is 4.